The average Bonchev–Trinajstić information content (AvgIpc) is 2.76. The van der Waals surface area contributed by atoms with E-state index in [4.69, 9.17) is 0 Å². The molecule has 1 aliphatic carbocycles. The lowest BCUT2D eigenvalue weighted by Crippen LogP contribution is -2.44. The Morgan fingerprint density at radius 2 is 1.95 bits per heavy atom. The summed E-state index contributed by atoms with van der Waals surface area (Å²) < 4.78 is 0. The molecule has 0 saturated heterocycles. The number of hydrogen-bond donors (Lipinski definition) is 2. The van der Waals surface area contributed by atoms with Crippen molar-refractivity contribution in [2.24, 2.45) is 0 Å². The van der Waals surface area contributed by atoms with Gasteiger partial charge in [-0.25, -0.2) is 0 Å². The van der Waals surface area contributed by atoms with Crippen LogP contribution in [0.4, 0.5) is 11.4 Å². The summed E-state index contributed by atoms with van der Waals surface area (Å²) in [6.07, 6.45) is 7.42. The van der Waals surface area contributed by atoms with E-state index in [0.717, 1.165) is 37.3 Å². The maximum atomic E-state index is 12.3. The van der Waals surface area contributed by atoms with Crippen molar-refractivity contribution in [3.63, 3.8) is 0 Å². The highest BCUT2D eigenvalue weighted by Gasteiger charge is 2.20. The van der Waals surface area contributed by atoms with Crippen LogP contribution in [0, 0.1) is 0 Å². The third-order valence-corrected chi connectivity index (χ3v) is 4.50. The van der Waals surface area contributed by atoms with Crippen molar-refractivity contribution in [3.05, 3.63) is 24.3 Å². The molecular weight excluding hydrogens is 262 g/mol. The second-order valence-electron chi connectivity index (χ2n) is 6.12. The molecule has 2 aliphatic rings. The minimum Gasteiger partial charge on any atom is -0.382 e. The van der Waals surface area contributed by atoms with Gasteiger partial charge in [-0.3, -0.25) is 4.79 Å². The first-order valence-electron chi connectivity index (χ1n) is 8.20. The van der Waals surface area contributed by atoms with E-state index in [0.29, 0.717) is 12.6 Å². The van der Waals surface area contributed by atoms with Crippen LogP contribution < -0.4 is 15.5 Å². The molecular formula is C17H25N3O. The van der Waals surface area contributed by atoms with Crippen molar-refractivity contribution in [1.29, 1.82) is 0 Å². The van der Waals surface area contributed by atoms with Gasteiger partial charge < -0.3 is 15.5 Å². The van der Waals surface area contributed by atoms with Gasteiger partial charge in [0.2, 0.25) is 5.91 Å². The number of rotatable bonds is 3. The Morgan fingerprint density at radius 1 is 1.19 bits per heavy atom. The molecule has 1 aromatic carbocycles. The van der Waals surface area contributed by atoms with Gasteiger partial charge in [0.25, 0.3) is 0 Å². The number of carbonyl (C=O) groups excluding carboxylic acids is 1. The Kier molecular flexibility index (Phi) is 4.63. The number of nitrogens with zero attached hydrogens (tertiary/aromatic N) is 1. The molecule has 0 atom stereocenters. The zero-order valence-electron chi connectivity index (χ0n) is 12.6. The van der Waals surface area contributed by atoms with Crippen molar-refractivity contribution >= 4 is 17.3 Å². The predicted molar refractivity (Wildman–Crippen MR) is 86.8 cm³/mol. The van der Waals surface area contributed by atoms with E-state index in [2.05, 4.69) is 27.7 Å². The molecule has 1 aromatic rings. The predicted octanol–water partition coefficient (Wildman–Crippen LogP) is 2.76. The van der Waals surface area contributed by atoms with E-state index >= 15 is 0 Å². The van der Waals surface area contributed by atoms with Crippen LogP contribution in [-0.4, -0.2) is 31.6 Å². The standard InChI is InChI=1S/C17H25N3O/c21-17(19-14-7-3-1-2-4-8-14)13-20-12-11-18-15-9-5-6-10-16(15)20/h5-6,9-10,14,18H,1-4,7-8,11-13H2,(H,19,21). The summed E-state index contributed by atoms with van der Waals surface area (Å²) in [6, 6.07) is 8.60. The normalized spacial score (nSPS) is 19.3. The van der Waals surface area contributed by atoms with Gasteiger partial charge in [0.1, 0.15) is 0 Å². The van der Waals surface area contributed by atoms with E-state index < -0.39 is 0 Å². The van der Waals surface area contributed by atoms with Gasteiger partial charge in [0.15, 0.2) is 0 Å². The largest absolute Gasteiger partial charge is 0.382 e. The Hall–Kier alpha value is -1.71. The molecule has 114 valence electrons. The number of hydrogen-bond acceptors (Lipinski definition) is 3. The van der Waals surface area contributed by atoms with Gasteiger partial charge in [-0.2, -0.15) is 0 Å². The van der Waals surface area contributed by atoms with Crippen LogP contribution >= 0.6 is 0 Å². The molecule has 1 saturated carbocycles. The number of benzene rings is 1. The second-order valence-corrected chi connectivity index (χ2v) is 6.12. The van der Waals surface area contributed by atoms with Gasteiger partial charge in [-0.1, -0.05) is 37.8 Å². The van der Waals surface area contributed by atoms with Crippen LogP contribution in [0.25, 0.3) is 0 Å². The third-order valence-electron chi connectivity index (χ3n) is 4.50. The summed E-state index contributed by atoms with van der Waals surface area (Å²) in [4.78, 5) is 14.5. The zero-order chi connectivity index (χ0) is 14.5. The van der Waals surface area contributed by atoms with E-state index in [1.165, 1.54) is 25.7 Å². The third kappa shape index (κ3) is 3.69. The first-order chi connectivity index (χ1) is 10.3. The highest BCUT2D eigenvalue weighted by Crippen LogP contribution is 2.28. The summed E-state index contributed by atoms with van der Waals surface area (Å²) in [5.41, 5.74) is 2.27. The highest BCUT2D eigenvalue weighted by atomic mass is 16.2. The van der Waals surface area contributed by atoms with Crippen LogP contribution in [0.15, 0.2) is 24.3 Å². The topological polar surface area (TPSA) is 44.4 Å². The smallest absolute Gasteiger partial charge is 0.239 e. The van der Waals surface area contributed by atoms with Gasteiger partial charge >= 0.3 is 0 Å². The molecule has 1 heterocycles. The van der Waals surface area contributed by atoms with E-state index in [1.807, 2.05) is 12.1 Å². The molecule has 3 rings (SSSR count). The van der Waals surface area contributed by atoms with Gasteiger partial charge in [0, 0.05) is 19.1 Å². The fourth-order valence-corrected chi connectivity index (χ4v) is 3.38. The molecule has 0 unspecified atom stereocenters. The summed E-state index contributed by atoms with van der Waals surface area (Å²) >= 11 is 0. The van der Waals surface area contributed by atoms with Gasteiger partial charge in [-0.05, 0) is 25.0 Å². The molecule has 0 radical (unpaired) electrons. The highest BCUT2D eigenvalue weighted by molar-refractivity contribution is 5.84. The Labute approximate surface area is 126 Å². The number of carbonyl (C=O) groups is 1. The Bertz CT molecular complexity index is 481. The second kappa shape index (κ2) is 6.83. The van der Waals surface area contributed by atoms with Crippen molar-refractivity contribution in [2.45, 2.75) is 44.6 Å². The summed E-state index contributed by atoms with van der Waals surface area (Å²) in [7, 11) is 0. The molecule has 0 bridgehead atoms. The van der Waals surface area contributed by atoms with Gasteiger partial charge in [-0.15, -0.1) is 0 Å². The number of fused-ring (bicyclic) bond motifs is 1. The SMILES string of the molecule is O=C(CN1CCNc2ccccc21)NC1CCCCCC1. The number of nitrogens with one attached hydrogen (secondary N) is 2. The molecule has 21 heavy (non-hydrogen) atoms. The lowest BCUT2D eigenvalue weighted by Gasteiger charge is -2.32. The summed E-state index contributed by atoms with van der Waals surface area (Å²) in [5.74, 6) is 0.165. The zero-order valence-corrected chi connectivity index (χ0v) is 12.6. The van der Waals surface area contributed by atoms with Crippen LogP contribution in [0.5, 0.6) is 0 Å². The molecule has 1 amide bonds. The Morgan fingerprint density at radius 3 is 2.76 bits per heavy atom. The lowest BCUT2D eigenvalue weighted by atomic mass is 10.1. The molecule has 1 fully saturated rings. The maximum absolute atomic E-state index is 12.3. The van der Waals surface area contributed by atoms with Crippen LogP contribution in [-0.2, 0) is 4.79 Å². The fraction of sp³-hybridized carbons (Fsp3) is 0.588. The number of anilines is 2. The Balaban J connectivity index is 1.58. The van der Waals surface area contributed by atoms with Crippen molar-refractivity contribution in [2.75, 3.05) is 29.9 Å². The molecule has 0 aromatic heterocycles. The van der Waals surface area contributed by atoms with Crippen LogP contribution in [0.3, 0.4) is 0 Å². The number of amides is 1. The lowest BCUT2D eigenvalue weighted by molar-refractivity contribution is -0.120. The number of para-hydroxylation sites is 2. The van der Waals surface area contributed by atoms with Crippen molar-refractivity contribution in [1.82, 2.24) is 5.32 Å². The quantitative estimate of drug-likeness (QED) is 0.840. The molecule has 0 spiro atoms. The minimum atomic E-state index is 0.165. The summed E-state index contributed by atoms with van der Waals surface area (Å²) in [6.45, 7) is 2.25. The molecule has 1 aliphatic heterocycles. The van der Waals surface area contributed by atoms with Crippen molar-refractivity contribution in [3.8, 4) is 0 Å². The van der Waals surface area contributed by atoms with Gasteiger partial charge in [0.05, 0.1) is 17.9 Å². The molecule has 4 nitrogen and oxygen atoms in total. The van der Waals surface area contributed by atoms with Crippen molar-refractivity contribution < 1.29 is 4.79 Å². The summed E-state index contributed by atoms with van der Waals surface area (Å²) in [5, 5.41) is 6.62. The monoisotopic (exact) mass is 287 g/mol. The van der Waals surface area contributed by atoms with E-state index in [9.17, 15) is 4.79 Å². The van der Waals surface area contributed by atoms with E-state index in [-0.39, 0.29) is 5.91 Å². The van der Waals surface area contributed by atoms with Crippen LogP contribution in [0.2, 0.25) is 0 Å². The average molecular weight is 287 g/mol. The first-order valence-corrected chi connectivity index (χ1v) is 8.20. The maximum Gasteiger partial charge on any atom is 0.239 e. The van der Waals surface area contributed by atoms with E-state index in [1.54, 1.807) is 0 Å². The fourth-order valence-electron chi connectivity index (χ4n) is 3.38. The van der Waals surface area contributed by atoms with Crippen LogP contribution in [0.1, 0.15) is 38.5 Å². The minimum absolute atomic E-state index is 0.165. The molecule has 4 heteroatoms. The first kappa shape index (κ1) is 14.2. The molecule has 2 N–H and O–H groups in total.